The Morgan fingerprint density at radius 1 is 1.47 bits per heavy atom. The molecule has 0 amide bonds. The second-order valence-electron chi connectivity index (χ2n) is 2.97. The first-order valence-corrected chi connectivity index (χ1v) is 5.68. The summed E-state index contributed by atoms with van der Waals surface area (Å²) in [6, 6.07) is 3.60. The minimum absolute atomic E-state index is 0.320. The highest BCUT2D eigenvalue weighted by atomic mass is 35.5. The molecule has 82 valence electrons. The van der Waals surface area contributed by atoms with E-state index in [1.165, 1.54) is 18.4 Å². The maximum atomic E-state index is 11.1. The molecule has 1 aromatic rings. The van der Waals surface area contributed by atoms with E-state index >= 15 is 0 Å². The standard InChI is InChI=1S/C10H11ClO3S/c1-14-10(13)8-6-5-7(15-8)3-2-4-9(11)12/h5-6H,2-4H2,1H3. The number of esters is 1. The van der Waals surface area contributed by atoms with Crippen molar-refractivity contribution in [3.05, 3.63) is 21.9 Å². The molecular formula is C10H11ClO3S. The third-order valence-corrected chi connectivity index (χ3v) is 3.16. The summed E-state index contributed by atoms with van der Waals surface area (Å²) in [5, 5.41) is -0.320. The Hall–Kier alpha value is -0.870. The molecule has 0 unspecified atom stereocenters. The van der Waals surface area contributed by atoms with Gasteiger partial charge in [-0.25, -0.2) is 4.79 Å². The fourth-order valence-electron chi connectivity index (χ4n) is 1.12. The number of hydrogen-bond acceptors (Lipinski definition) is 4. The number of halogens is 1. The lowest BCUT2D eigenvalue weighted by Gasteiger charge is -1.94. The molecule has 0 saturated carbocycles. The van der Waals surface area contributed by atoms with Crippen LogP contribution in [0.15, 0.2) is 12.1 Å². The average molecular weight is 247 g/mol. The van der Waals surface area contributed by atoms with Gasteiger partial charge in [-0.2, -0.15) is 0 Å². The maximum absolute atomic E-state index is 11.1. The van der Waals surface area contributed by atoms with Crippen molar-refractivity contribution in [2.75, 3.05) is 7.11 Å². The van der Waals surface area contributed by atoms with Crippen LogP contribution in [-0.4, -0.2) is 18.3 Å². The Kier molecular flexibility index (Phi) is 4.78. The molecule has 5 heteroatoms. The summed E-state index contributed by atoms with van der Waals surface area (Å²) in [6.45, 7) is 0. The van der Waals surface area contributed by atoms with Crippen molar-refractivity contribution in [1.82, 2.24) is 0 Å². The van der Waals surface area contributed by atoms with Gasteiger partial charge in [0.15, 0.2) is 0 Å². The van der Waals surface area contributed by atoms with Crippen LogP contribution < -0.4 is 0 Å². The Labute approximate surface area is 97.0 Å². The van der Waals surface area contributed by atoms with Gasteiger partial charge < -0.3 is 4.74 Å². The van der Waals surface area contributed by atoms with Crippen molar-refractivity contribution in [3.63, 3.8) is 0 Å². The van der Waals surface area contributed by atoms with Gasteiger partial charge in [0.2, 0.25) is 5.24 Å². The zero-order valence-corrected chi connectivity index (χ0v) is 9.86. The van der Waals surface area contributed by atoms with Gasteiger partial charge in [0, 0.05) is 11.3 Å². The Morgan fingerprint density at radius 3 is 2.80 bits per heavy atom. The molecule has 0 saturated heterocycles. The maximum Gasteiger partial charge on any atom is 0.348 e. The number of carbonyl (C=O) groups is 2. The SMILES string of the molecule is COC(=O)c1ccc(CCCC(=O)Cl)s1. The molecule has 0 aromatic carbocycles. The lowest BCUT2D eigenvalue weighted by molar-refractivity contribution is -0.111. The average Bonchev–Trinajstić information content (AvgIpc) is 2.65. The second-order valence-corrected chi connectivity index (χ2v) is 4.56. The van der Waals surface area contributed by atoms with Crippen LogP contribution in [0.5, 0.6) is 0 Å². The molecule has 1 rings (SSSR count). The predicted octanol–water partition coefficient (Wildman–Crippen LogP) is 2.62. The molecule has 0 spiro atoms. The van der Waals surface area contributed by atoms with E-state index in [0.29, 0.717) is 17.7 Å². The topological polar surface area (TPSA) is 43.4 Å². The molecule has 0 aliphatic carbocycles. The number of aryl methyl sites for hydroxylation is 1. The summed E-state index contributed by atoms with van der Waals surface area (Å²) in [5.74, 6) is -0.320. The van der Waals surface area contributed by atoms with Gasteiger partial charge in [-0.3, -0.25) is 4.79 Å². The summed E-state index contributed by atoms with van der Waals surface area (Å²) >= 11 is 6.60. The first-order chi connectivity index (χ1) is 7.13. The highest BCUT2D eigenvalue weighted by molar-refractivity contribution is 7.13. The highest BCUT2D eigenvalue weighted by Gasteiger charge is 2.08. The van der Waals surface area contributed by atoms with Crippen molar-refractivity contribution in [3.8, 4) is 0 Å². The Bertz CT molecular complexity index is 359. The Morgan fingerprint density at radius 2 is 2.20 bits per heavy atom. The minimum atomic E-state index is -0.320. The van der Waals surface area contributed by atoms with Crippen molar-refractivity contribution in [1.29, 1.82) is 0 Å². The van der Waals surface area contributed by atoms with E-state index in [9.17, 15) is 9.59 Å². The molecule has 3 nitrogen and oxygen atoms in total. The van der Waals surface area contributed by atoms with Gasteiger partial charge in [-0.05, 0) is 36.6 Å². The highest BCUT2D eigenvalue weighted by Crippen LogP contribution is 2.19. The third-order valence-electron chi connectivity index (χ3n) is 1.84. The van der Waals surface area contributed by atoms with Gasteiger partial charge >= 0.3 is 5.97 Å². The van der Waals surface area contributed by atoms with Crippen molar-refractivity contribution in [2.45, 2.75) is 19.3 Å². The van der Waals surface area contributed by atoms with E-state index in [0.717, 1.165) is 11.3 Å². The third kappa shape index (κ3) is 4.01. The molecule has 0 radical (unpaired) electrons. The first kappa shape index (κ1) is 12.2. The lowest BCUT2D eigenvalue weighted by atomic mass is 10.2. The van der Waals surface area contributed by atoms with Crippen LogP contribution >= 0.6 is 22.9 Å². The first-order valence-electron chi connectivity index (χ1n) is 4.49. The molecule has 1 aromatic heterocycles. The van der Waals surface area contributed by atoms with E-state index < -0.39 is 0 Å². The molecule has 0 aliphatic rings. The molecule has 1 heterocycles. The van der Waals surface area contributed by atoms with Crippen molar-refractivity contribution < 1.29 is 14.3 Å². The monoisotopic (exact) mass is 246 g/mol. The van der Waals surface area contributed by atoms with E-state index in [1.54, 1.807) is 6.07 Å². The summed E-state index contributed by atoms with van der Waals surface area (Å²) in [7, 11) is 1.36. The number of carbonyl (C=O) groups excluding carboxylic acids is 2. The number of thiophene rings is 1. The predicted molar refractivity (Wildman–Crippen MR) is 59.5 cm³/mol. The fourth-order valence-corrected chi connectivity index (χ4v) is 2.23. The van der Waals surface area contributed by atoms with Crippen LogP contribution in [0.2, 0.25) is 0 Å². The number of rotatable bonds is 5. The van der Waals surface area contributed by atoms with Crippen LogP contribution in [0.4, 0.5) is 0 Å². The summed E-state index contributed by atoms with van der Waals surface area (Å²) < 4.78 is 4.59. The molecular weight excluding hydrogens is 236 g/mol. The quantitative estimate of drug-likeness (QED) is 0.593. The van der Waals surface area contributed by atoms with E-state index in [1.807, 2.05) is 6.07 Å². The summed E-state index contributed by atoms with van der Waals surface area (Å²) in [4.78, 5) is 23.3. The van der Waals surface area contributed by atoms with Crippen LogP contribution in [-0.2, 0) is 16.0 Å². The molecule has 0 aliphatic heterocycles. The van der Waals surface area contributed by atoms with E-state index in [-0.39, 0.29) is 11.2 Å². The van der Waals surface area contributed by atoms with Crippen LogP contribution in [0.3, 0.4) is 0 Å². The molecule has 0 fully saturated rings. The van der Waals surface area contributed by atoms with Crippen LogP contribution in [0.25, 0.3) is 0 Å². The second kappa shape index (κ2) is 5.88. The Balaban J connectivity index is 2.46. The zero-order valence-electron chi connectivity index (χ0n) is 8.29. The van der Waals surface area contributed by atoms with Gasteiger partial charge in [0.1, 0.15) is 4.88 Å². The largest absolute Gasteiger partial charge is 0.465 e. The summed E-state index contributed by atoms with van der Waals surface area (Å²) in [6.07, 6.45) is 1.84. The summed E-state index contributed by atoms with van der Waals surface area (Å²) in [5.41, 5.74) is 0. The zero-order chi connectivity index (χ0) is 11.3. The minimum Gasteiger partial charge on any atom is -0.465 e. The van der Waals surface area contributed by atoms with Crippen LogP contribution in [0, 0.1) is 0 Å². The van der Waals surface area contributed by atoms with E-state index in [2.05, 4.69) is 4.74 Å². The fraction of sp³-hybridized carbons (Fsp3) is 0.400. The van der Waals surface area contributed by atoms with Gasteiger partial charge in [-0.1, -0.05) is 0 Å². The lowest BCUT2D eigenvalue weighted by Crippen LogP contribution is -1.96. The normalized spacial score (nSPS) is 10.0. The smallest absolute Gasteiger partial charge is 0.348 e. The van der Waals surface area contributed by atoms with E-state index in [4.69, 9.17) is 11.6 Å². The van der Waals surface area contributed by atoms with Crippen molar-refractivity contribution in [2.24, 2.45) is 0 Å². The molecule has 0 atom stereocenters. The molecule has 0 bridgehead atoms. The van der Waals surface area contributed by atoms with Crippen molar-refractivity contribution >= 4 is 34.1 Å². The number of methoxy groups -OCH3 is 1. The van der Waals surface area contributed by atoms with Gasteiger partial charge in [-0.15, -0.1) is 11.3 Å². The molecule has 0 N–H and O–H groups in total. The van der Waals surface area contributed by atoms with Crippen LogP contribution in [0.1, 0.15) is 27.4 Å². The molecule has 15 heavy (non-hydrogen) atoms. The van der Waals surface area contributed by atoms with Gasteiger partial charge in [0.25, 0.3) is 0 Å². The number of ether oxygens (including phenoxy) is 1. The van der Waals surface area contributed by atoms with Gasteiger partial charge in [0.05, 0.1) is 7.11 Å². The number of hydrogen-bond donors (Lipinski definition) is 0.